The fourth-order valence-corrected chi connectivity index (χ4v) is 10.3. The van der Waals surface area contributed by atoms with Gasteiger partial charge in [0.2, 0.25) is 23.6 Å². The minimum atomic E-state index is -1.60. The molecule has 0 radical (unpaired) electrons. The Bertz CT molecular complexity index is 2530. The molecule has 0 aliphatic heterocycles. The van der Waals surface area contributed by atoms with E-state index in [1.807, 2.05) is 113 Å². The number of hydrogen-bond acceptors (Lipinski definition) is 12. The van der Waals surface area contributed by atoms with Crippen molar-refractivity contribution < 1.29 is 57.3 Å². The lowest BCUT2D eigenvalue weighted by molar-refractivity contribution is -0.160. The Labute approximate surface area is 500 Å². The van der Waals surface area contributed by atoms with E-state index in [0.29, 0.717) is 19.3 Å². The lowest BCUT2D eigenvalue weighted by Gasteiger charge is -2.30. The molecular formula is C67H99N5O12. The van der Waals surface area contributed by atoms with E-state index in [1.54, 1.807) is 41.5 Å². The summed E-state index contributed by atoms with van der Waals surface area (Å²) in [6.45, 7) is 21.8. The summed E-state index contributed by atoms with van der Waals surface area (Å²) >= 11 is 0. The summed E-state index contributed by atoms with van der Waals surface area (Å²) in [6.07, 6.45) is 8.44. The largest absolute Gasteiger partial charge is 0.461 e. The lowest BCUT2D eigenvalue weighted by Crippen LogP contribution is -2.60. The summed E-state index contributed by atoms with van der Waals surface area (Å²) in [7, 11) is 0. The Morgan fingerprint density at radius 1 is 0.524 bits per heavy atom. The van der Waals surface area contributed by atoms with Crippen molar-refractivity contribution in [3.05, 3.63) is 95.6 Å². The number of amides is 5. The minimum absolute atomic E-state index is 0.0220. The summed E-state index contributed by atoms with van der Waals surface area (Å²) in [4.78, 5) is 112. The van der Waals surface area contributed by atoms with Gasteiger partial charge in [-0.15, -0.1) is 0 Å². The lowest BCUT2D eigenvalue weighted by atomic mass is 9.97. The molecule has 1 aliphatic rings. The van der Waals surface area contributed by atoms with Crippen molar-refractivity contribution in [2.24, 2.45) is 23.7 Å². The molecule has 0 saturated carbocycles. The van der Waals surface area contributed by atoms with Gasteiger partial charge in [-0.1, -0.05) is 199 Å². The van der Waals surface area contributed by atoms with Crippen LogP contribution in [0.3, 0.4) is 0 Å². The fraction of sp³-hybridized carbons (Fsp3) is 0.612. The maximum Gasteiger partial charge on any atom is 0.407 e. The number of rotatable bonds is 36. The van der Waals surface area contributed by atoms with Gasteiger partial charge in [0.25, 0.3) is 0 Å². The van der Waals surface area contributed by atoms with E-state index in [9.17, 15) is 38.4 Å². The first-order chi connectivity index (χ1) is 39.9. The first-order valence-corrected chi connectivity index (χ1v) is 30.9. The second kappa shape index (κ2) is 35.5. The van der Waals surface area contributed by atoms with Gasteiger partial charge in [0.05, 0.1) is 12.8 Å². The highest BCUT2D eigenvalue weighted by atomic mass is 16.6. The van der Waals surface area contributed by atoms with Crippen LogP contribution in [0.4, 0.5) is 4.79 Å². The van der Waals surface area contributed by atoms with Gasteiger partial charge >= 0.3 is 24.0 Å². The molecule has 3 aromatic rings. The van der Waals surface area contributed by atoms with Gasteiger partial charge in [-0.25, -0.2) is 9.59 Å². The van der Waals surface area contributed by atoms with Gasteiger partial charge in [-0.05, 0) is 97.9 Å². The van der Waals surface area contributed by atoms with Crippen LogP contribution in [0.5, 0.6) is 0 Å². The Morgan fingerprint density at radius 2 is 1.02 bits per heavy atom. The summed E-state index contributed by atoms with van der Waals surface area (Å²) in [5.41, 5.74) is 4.04. The number of carbonyl (C=O) groups is 8. The van der Waals surface area contributed by atoms with Crippen molar-refractivity contribution in [3.63, 3.8) is 0 Å². The van der Waals surface area contributed by atoms with Crippen LogP contribution in [-0.4, -0.2) is 96.2 Å². The highest BCUT2D eigenvalue weighted by Gasteiger charge is 2.38. The highest BCUT2D eigenvalue weighted by molar-refractivity contribution is 5.97. The van der Waals surface area contributed by atoms with Crippen LogP contribution in [0, 0.1) is 23.7 Å². The molecule has 1 unspecified atom stereocenters. The summed E-state index contributed by atoms with van der Waals surface area (Å²) < 4.78 is 23.1. The predicted molar refractivity (Wildman–Crippen MR) is 326 cm³/mol. The third kappa shape index (κ3) is 24.1. The van der Waals surface area contributed by atoms with E-state index in [-0.39, 0.29) is 50.2 Å². The number of hydrogen-bond donors (Lipinski definition) is 5. The highest BCUT2D eigenvalue weighted by Crippen LogP contribution is 2.44. The number of unbranched alkanes of at least 4 members (excludes halogenated alkanes) is 8. The smallest absolute Gasteiger partial charge is 0.407 e. The van der Waals surface area contributed by atoms with Crippen molar-refractivity contribution in [3.8, 4) is 11.1 Å². The topological polar surface area (TPSA) is 234 Å². The molecule has 17 heteroatoms. The van der Waals surface area contributed by atoms with Crippen molar-refractivity contribution in [1.82, 2.24) is 26.6 Å². The molecule has 0 saturated heterocycles. The number of ether oxygens (including phenoxy) is 4. The van der Waals surface area contributed by atoms with Crippen LogP contribution in [0.25, 0.3) is 11.1 Å². The minimum Gasteiger partial charge on any atom is -0.461 e. The molecule has 5 N–H and O–H groups in total. The molecular weight excluding hydrogens is 1070 g/mol. The normalized spacial score (nSPS) is 14.6. The summed E-state index contributed by atoms with van der Waals surface area (Å²) in [5, 5.41) is 13.8. The van der Waals surface area contributed by atoms with Crippen LogP contribution in [0.2, 0.25) is 0 Å². The first kappa shape index (κ1) is 69.7. The Morgan fingerprint density at radius 3 is 1.56 bits per heavy atom. The Kier molecular flexibility index (Phi) is 29.5. The molecule has 84 heavy (non-hydrogen) atoms. The molecule has 464 valence electrons. The van der Waals surface area contributed by atoms with Gasteiger partial charge in [0.1, 0.15) is 55.1 Å². The predicted octanol–water partition coefficient (Wildman–Crippen LogP) is 11.3. The number of nitrogens with one attached hydrogen (secondary N) is 5. The number of carbonyl (C=O) groups excluding carboxylic acids is 8. The summed E-state index contributed by atoms with van der Waals surface area (Å²) in [5.74, 6) is -6.59. The fourth-order valence-electron chi connectivity index (χ4n) is 10.3. The maximum atomic E-state index is 14.6. The molecule has 5 amide bonds. The zero-order valence-electron chi connectivity index (χ0n) is 52.3. The molecule has 0 spiro atoms. The van der Waals surface area contributed by atoms with Crippen LogP contribution in [-0.2, 0) is 59.1 Å². The zero-order valence-corrected chi connectivity index (χ0v) is 52.3. The van der Waals surface area contributed by atoms with Crippen molar-refractivity contribution in [1.29, 1.82) is 0 Å². The Hall–Kier alpha value is -6.78. The third-order valence-electron chi connectivity index (χ3n) is 15.0. The number of alkyl carbamates (subject to hydrolysis) is 1. The molecule has 0 heterocycles. The van der Waals surface area contributed by atoms with E-state index in [2.05, 4.69) is 33.5 Å². The van der Waals surface area contributed by atoms with Crippen molar-refractivity contribution >= 4 is 47.6 Å². The van der Waals surface area contributed by atoms with E-state index < -0.39 is 108 Å². The van der Waals surface area contributed by atoms with Crippen LogP contribution < -0.4 is 26.6 Å². The first-order valence-electron chi connectivity index (χ1n) is 30.9. The van der Waals surface area contributed by atoms with Crippen LogP contribution in [0.1, 0.15) is 202 Å². The maximum absolute atomic E-state index is 14.6. The second-order valence-corrected chi connectivity index (χ2v) is 24.8. The summed E-state index contributed by atoms with van der Waals surface area (Å²) in [6, 6.07) is 18.8. The third-order valence-corrected chi connectivity index (χ3v) is 15.0. The molecule has 0 bridgehead atoms. The van der Waals surface area contributed by atoms with Crippen LogP contribution in [0.15, 0.2) is 78.9 Å². The van der Waals surface area contributed by atoms with Gasteiger partial charge < -0.3 is 45.5 Å². The van der Waals surface area contributed by atoms with Gasteiger partial charge in [0.15, 0.2) is 0 Å². The number of benzene rings is 3. The SMILES string of the molecule is CCCCCCCCCCCC(CC(=O)OCc1ccccc1)OC(=O)[C@@H](NC(=O)[C@@H](CC(C)C)NC(=O)[C@H](CC(=O)OC(C)(C)C)NC(=O)[C@@H](NC(=O)[C@H](CC(C)C)NC(=O)OCC1c2ccccc2-c2ccccc21)C(C)C)[C@@H](C)CC. The van der Waals surface area contributed by atoms with E-state index in [1.165, 1.54) is 25.7 Å². The van der Waals surface area contributed by atoms with E-state index >= 15 is 0 Å². The average Bonchev–Trinajstić information content (AvgIpc) is 3.99. The Balaban J connectivity index is 1.50. The van der Waals surface area contributed by atoms with Crippen molar-refractivity contribution in [2.75, 3.05) is 6.61 Å². The second-order valence-electron chi connectivity index (χ2n) is 24.8. The van der Waals surface area contributed by atoms with Crippen molar-refractivity contribution in [2.45, 2.75) is 234 Å². The molecule has 3 aromatic carbocycles. The average molecular weight is 1170 g/mol. The molecule has 7 atom stereocenters. The van der Waals surface area contributed by atoms with E-state index in [0.717, 1.165) is 53.5 Å². The molecule has 0 fully saturated rings. The van der Waals surface area contributed by atoms with Gasteiger partial charge in [0, 0.05) is 5.92 Å². The zero-order chi connectivity index (χ0) is 61.9. The molecule has 1 aliphatic carbocycles. The quantitative estimate of drug-likeness (QED) is 0.0208. The standard InChI is InChI=1S/C67H99N5O12/c1-13-15-16-17-18-19-20-21-25-32-48(39-57(73)81-41-47-30-23-22-24-31-47)83-65(79)60(46(9)14-2)72-62(76)54(37-43(3)4)68-61(75)56(40-58(74)84-67(10,11)12)69-64(78)59(45(7)8)71-63(77)55(38-44(5)6)70-66(80)82-42-53-51-35-28-26-33-49(51)50-34-27-29-36-52(50)53/h22-24,26-31,33-36,43-46,48,53-56,59-60H,13-21,25,32,37-42H2,1-12H3,(H,68,75)(H,69,78)(H,70,80)(H,71,77)(H,72,76)/t46-,48?,54+,55-,56-,59-,60-/m0/s1. The molecule has 4 rings (SSSR count). The molecule has 17 nitrogen and oxygen atoms in total. The number of fused-ring (bicyclic) bond motifs is 3. The number of esters is 3. The molecule has 0 aromatic heterocycles. The monoisotopic (exact) mass is 1170 g/mol. The van der Waals surface area contributed by atoms with Crippen LogP contribution >= 0.6 is 0 Å². The van der Waals surface area contributed by atoms with Gasteiger partial charge in [-0.3, -0.25) is 28.8 Å². The van der Waals surface area contributed by atoms with E-state index in [4.69, 9.17) is 18.9 Å². The van der Waals surface area contributed by atoms with Gasteiger partial charge in [-0.2, -0.15) is 0 Å².